The lowest BCUT2D eigenvalue weighted by atomic mass is 10.2. The zero-order valence-electron chi connectivity index (χ0n) is 8.89. The quantitative estimate of drug-likeness (QED) is 0.770. The Kier molecular flexibility index (Phi) is 4.86. The number of rotatable bonds is 0. The molecule has 2 aromatic carbocycles. The molecule has 2 aromatic rings. The van der Waals surface area contributed by atoms with Crippen LogP contribution in [0.1, 0.15) is 5.56 Å². The predicted octanol–water partition coefficient (Wildman–Crippen LogP) is 3.86. The normalized spacial score (nSPS) is 9.12. The van der Waals surface area contributed by atoms with Crippen molar-refractivity contribution < 1.29 is 10.2 Å². The molecule has 0 aromatic heterocycles. The van der Waals surface area contributed by atoms with Crippen molar-refractivity contribution in [2.45, 2.75) is 6.92 Å². The van der Waals surface area contributed by atoms with E-state index in [2.05, 4.69) is 15.9 Å². The molecule has 0 unspecified atom stereocenters. The fourth-order valence-corrected chi connectivity index (χ4v) is 1.33. The van der Waals surface area contributed by atoms with Crippen LogP contribution < -0.4 is 0 Å². The van der Waals surface area contributed by atoms with Crippen molar-refractivity contribution in [2.75, 3.05) is 0 Å². The highest BCUT2D eigenvalue weighted by Gasteiger charge is 1.84. The molecule has 0 fully saturated rings. The topological polar surface area (TPSA) is 40.5 Å². The molecule has 16 heavy (non-hydrogen) atoms. The third-order valence-electron chi connectivity index (χ3n) is 1.83. The molecule has 0 aliphatic carbocycles. The zero-order valence-corrected chi connectivity index (χ0v) is 10.5. The Hall–Kier alpha value is -1.48. The van der Waals surface area contributed by atoms with Gasteiger partial charge in [-0.2, -0.15) is 0 Å². The van der Waals surface area contributed by atoms with Crippen molar-refractivity contribution in [2.24, 2.45) is 0 Å². The number of aryl methyl sites for hydroxylation is 1. The van der Waals surface area contributed by atoms with Crippen molar-refractivity contribution in [1.82, 2.24) is 0 Å². The van der Waals surface area contributed by atoms with Gasteiger partial charge in [-0.05, 0) is 48.9 Å². The first-order chi connectivity index (χ1) is 7.58. The van der Waals surface area contributed by atoms with E-state index in [-0.39, 0.29) is 0 Å². The highest BCUT2D eigenvalue weighted by molar-refractivity contribution is 9.10. The average molecular weight is 281 g/mol. The fraction of sp³-hybridized carbons (Fsp3) is 0.0769. The summed E-state index contributed by atoms with van der Waals surface area (Å²) >= 11 is 3.23. The van der Waals surface area contributed by atoms with Gasteiger partial charge in [0.1, 0.15) is 11.5 Å². The molecule has 0 heterocycles. The SMILES string of the molecule is Cc1cccc(O)c1.Oc1ccc(Br)cc1. The summed E-state index contributed by atoms with van der Waals surface area (Å²) < 4.78 is 0.982. The molecule has 0 spiro atoms. The van der Waals surface area contributed by atoms with Gasteiger partial charge < -0.3 is 10.2 Å². The molecular weight excluding hydrogens is 268 g/mol. The van der Waals surface area contributed by atoms with Gasteiger partial charge in [0, 0.05) is 4.47 Å². The molecule has 0 radical (unpaired) electrons. The highest BCUT2D eigenvalue weighted by atomic mass is 79.9. The van der Waals surface area contributed by atoms with E-state index in [0.29, 0.717) is 11.5 Å². The maximum atomic E-state index is 8.81. The van der Waals surface area contributed by atoms with Gasteiger partial charge in [-0.3, -0.25) is 0 Å². The van der Waals surface area contributed by atoms with Crippen LogP contribution in [0.5, 0.6) is 11.5 Å². The lowest BCUT2D eigenvalue weighted by Crippen LogP contribution is -1.66. The molecule has 0 aliphatic rings. The van der Waals surface area contributed by atoms with E-state index < -0.39 is 0 Å². The van der Waals surface area contributed by atoms with Crippen molar-refractivity contribution in [3.8, 4) is 11.5 Å². The average Bonchev–Trinajstić information content (AvgIpc) is 2.23. The largest absolute Gasteiger partial charge is 0.508 e. The minimum absolute atomic E-state index is 0.299. The lowest BCUT2D eigenvalue weighted by molar-refractivity contribution is 0.474. The van der Waals surface area contributed by atoms with Crippen LogP contribution in [0.15, 0.2) is 53.0 Å². The Labute approximate surface area is 103 Å². The van der Waals surface area contributed by atoms with Gasteiger partial charge in [0.25, 0.3) is 0 Å². The first-order valence-corrected chi connectivity index (χ1v) is 5.57. The molecule has 84 valence electrons. The van der Waals surface area contributed by atoms with Gasteiger partial charge in [0.15, 0.2) is 0 Å². The van der Waals surface area contributed by atoms with Gasteiger partial charge in [0.2, 0.25) is 0 Å². The summed E-state index contributed by atoms with van der Waals surface area (Å²) in [7, 11) is 0. The van der Waals surface area contributed by atoms with Crippen LogP contribution in [0.25, 0.3) is 0 Å². The molecule has 2 nitrogen and oxygen atoms in total. The smallest absolute Gasteiger partial charge is 0.115 e. The molecule has 0 saturated heterocycles. The van der Waals surface area contributed by atoms with Crippen molar-refractivity contribution in [3.63, 3.8) is 0 Å². The number of phenolic OH excluding ortho intramolecular Hbond substituents is 2. The van der Waals surface area contributed by atoms with E-state index in [4.69, 9.17) is 10.2 Å². The maximum absolute atomic E-state index is 8.81. The second-order valence-corrected chi connectivity index (χ2v) is 4.23. The van der Waals surface area contributed by atoms with Gasteiger partial charge in [-0.15, -0.1) is 0 Å². The van der Waals surface area contributed by atoms with Crippen molar-refractivity contribution in [3.05, 3.63) is 58.6 Å². The summed E-state index contributed by atoms with van der Waals surface area (Å²) in [5.74, 6) is 0.637. The summed E-state index contributed by atoms with van der Waals surface area (Å²) in [6.07, 6.45) is 0. The van der Waals surface area contributed by atoms with Gasteiger partial charge in [-0.1, -0.05) is 28.1 Å². The molecular formula is C13H13BrO2. The molecule has 0 atom stereocenters. The van der Waals surface area contributed by atoms with E-state index in [1.54, 1.807) is 36.4 Å². The Morgan fingerprint density at radius 1 is 0.875 bits per heavy atom. The molecule has 3 heteroatoms. The number of halogens is 1. The van der Waals surface area contributed by atoms with Gasteiger partial charge >= 0.3 is 0 Å². The molecule has 0 bridgehead atoms. The summed E-state index contributed by atoms with van der Waals surface area (Å²) in [5.41, 5.74) is 1.09. The molecule has 0 aliphatic heterocycles. The number of phenols is 2. The predicted molar refractivity (Wildman–Crippen MR) is 68.7 cm³/mol. The molecule has 2 rings (SSSR count). The lowest BCUT2D eigenvalue weighted by Gasteiger charge is -1.89. The van der Waals surface area contributed by atoms with Crippen LogP contribution in [0.2, 0.25) is 0 Å². The summed E-state index contributed by atoms with van der Waals surface area (Å²) in [5, 5.41) is 17.5. The number of hydrogen-bond acceptors (Lipinski definition) is 2. The Morgan fingerprint density at radius 2 is 1.50 bits per heavy atom. The highest BCUT2D eigenvalue weighted by Crippen LogP contribution is 2.13. The number of aromatic hydroxyl groups is 2. The van der Waals surface area contributed by atoms with E-state index in [1.807, 2.05) is 19.1 Å². The van der Waals surface area contributed by atoms with Gasteiger partial charge in [-0.25, -0.2) is 0 Å². The second-order valence-electron chi connectivity index (χ2n) is 3.32. The zero-order chi connectivity index (χ0) is 12.0. The number of hydrogen-bond donors (Lipinski definition) is 2. The summed E-state index contributed by atoms with van der Waals surface area (Å²) in [4.78, 5) is 0. The van der Waals surface area contributed by atoms with E-state index in [9.17, 15) is 0 Å². The van der Waals surface area contributed by atoms with Crippen molar-refractivity contribution in [1.29, 1.82) is 0 Å². The monoisotopic (exact) mass is 280 g/mol. The minimum atomic E-state index is 0.299. The van der Waals surface area contributed by atoms with Crippen LogP contribution in [0.3, 0.4) is 0 Å². The third kappa shape index (κ3) is 4.84. The molecule has 0 amide bonds. The summed E-state index contributed by atoms with van der Waals surface area (Å²) in [6, 6.07) is 14.0. The molecule has 0 saturated carbocycles. The van der Waals surface area contributed by atoms with Crippen LogP contribution in [0, 0.1) is 6.92 Å². The minimum Gasteiger partial charge on any atom is -0.508 e. The van der Waals surface area contributed by atoms with E-state index in [0.717, 1.165) is 10.0 Å². The second kappa shape index (κ2) is 6.18. The van der Waals surface area contributed by atoms with Crippen molar-refractivity contribution >= 4 is 15.9 Å². The van der Waals surface area contributed by atoms with Crippen LogP contribution in [-0.4, -0.2) is 10.2 Å². The third-order valence-corrected chi connectivity index (χ3v) is 2.36. The fourth-order valence-electron chi connectivity index (χ4n) is 1.07. The standard InChI is InChI=1S/C7H8O.C6H5BrO/c1-6-3-2-4-7(8)5-6;7-5-1-3-6(8)4-2-5/h2-5,8H,1H3;1-4,8H. The van der Waals surface area contributed by atoms with E-state index >= 15 is 0 Å². The maximum Gasteiger partial charge on any atom is 0.115 e. The number of benzene rings is 2. The first kappa shape index (κ1) is 12.6. The van der Waals surface area contributed by atoms with Crippen LogP contribution in [0.4, 0.5) is 0 Å². The molecule has 2 N–H and O–H groups in total. The Balaban J connectivity index is 0.000000160. The van der Waals surface area contributed by atoms with E-state index in [1.165, 1.54) is 0 Å². The Morgan fingerprint density at radius 3 is 1.88 bits per heavy atom. The Bertz CT molecular complexity index is 400. The summed E-state index contributed by atoms with van der Waals surface area (Å²) in [6.45, 7) is 1.94. The van der Waals surface area contributed by atoms with Crippen LogP contribution in [-0.2, 0) is 0 Å². The van der Waals surface area contributed by atoms with Gasteiger partial charge in [0.05, 0.1) is 0 Å². The van der Waals surface area contributed by atoms with Crippen LogP contribution >= 0.6 is 15.9 Å². The first-order valence-electron chi connectivity index (χ1n) is 4.78.